The number of carbonyl (C=O) groups excluding carboxylic acids is 1. The molecule has 1 heterocycles. The number of likely N-dealkylation sites (tertiary alicyclic amines) is 1. The fourth-order valence-electron chi connectivity index (χ4n) is 2.41. The van der Waals surface area contributed by atoms with Gasteiger partial charge in [0.05, 0.1) is 5.92 Å². The molecule has 1 aromatic carbocycles. The molecule has 1 aromatic rings. The van der Waals surface area contributed by atoms with Crippen molar-refractivity contribution in [3.8, 4) is 5.75 Å². The average Bonchev–Trinajstić information content (AvgIpc) is 2.90. The maximum absolute atomic E-state index is 12.3. The number of carboxylic acid groups (broad SMARTS) is 1. The molecule has 1 fully saturated rings. The summed E-state index contributed by atoms with van der Waals surface area (Å²) in [6.45, 7) is 4.24. The van der Waals surface area contributed by atoms with Crippen LogP contribution in [0, 0.1) is 12.8 Å². The first-order valence-corrected chi connectivity index (χ1v) is 7.20. The molecule has 2 rings (SSSR count). The van der Waals surface area contributed by atoms with Crippen molar-refractivity contribution in [1.82, 2.24) is 4.90 Å². The van der Waals surface area contributed by atoms with Crippen LogP contribution in [-0.4, -0.2) is 41.1 Å². The summed E-state index contributed by atoms with van der Waals surface area (Å²) in [5.41, 5.74) is 0.854. The Morgan fingerprint density at radius 1 is 1.48 bits per heavy atom. The predicted octanol–water partition coefficient (Wildman–Crippen LogP) is 2.35. The second kappa shape index (κ2) is 6.35. The Morgan fingerprint density at radius 3 is 2.76 bits per heavy atom. The molecule has 0 bridgehead atoms. The van der Waals surface area contributed by atoms with Crippen molar-refractivity contribution in [2.24, 2.45) is 5.92 Å². The smallest absolute Gasteiger partial charge is 0.308 e. The Labute approximate surface area is 128 Å². The van der Waals surface area contributed by atoms with Gasteiger partial charge in [-0.05, 0) is 44.0 Å². The monoisotopic (exact) mass is 311 g/mol. The van der Waals surface area contributed by atoms with Crippen LogP contribution in [0.3, 0.4) is 0 Å². The Hall–Kier alpha value is -1.75. The van der Waals surface area contributed by atoms with Crippen LogP contribution < -0.4 is 4.74 Å². The maximum Gasteiger partial charge on any atom is 0.308 e. The number of hydrogen-bond acceptors (Lipinski definition) is 3. The SMILES string of the molecule is Cc1cc(Cl)ccc1O[C@@H](C)C(=O)N1CC[C@@H](C(=O)O)C1. The number of nitrogens with zero attached hydrogens (tertiary/aromatic N) is 1. The van der Waals surface area contributed by atoms with Crippen LogP contribution in [0.15, 0.2) is 18.2 Å². The number of ether oxygens (including phenoxy) is 1. The van der Waals surface area contributed by atoms with E-state index in [0.717, 1.165) is 5.56 Å². The molecule has 1 aliphatic heterocycles. The summed E-state index contributed by atoms with van der Waals surface area (Å²) in [7, 11) is 0. The van der Waals surface area contributed by atoms with Crippen molar-refractivity contribution in [3.63, 3.8) is 0 Å². The van der Waals surface area contributed by atoms with E-state index in [0.29, 0.717) is 23.7 Å². The number of benzene rings is 1. The van der Waals surface area contributed by atoms with Crippen molar-refractivity contribution >= 4 is 23.5 Å². The van der Waals surface area contributed by atoms with Gasteiger partial charge < -0.3 is 14.7 Å². The van der Waals surface area contributed by atoms with E-state index in [2.05, 4.69) is 0 Å². The minimum atomic E-state index is -0.854. The lowest BCUT2D eigenvalue weighted by atomic mass is 10.1. The Bertz CT molecular complexity index is 561. The second-order valence-corrected chi connectivity index (χ2v) is 5.71. The molecule has 1 N–H and O–H groups in total. The molecular formula is C15H18ClNO4. The van der Waals surface area contributed by atoms with Crippen LogP contribution in [0.25, 0.3) is 0 Å². The molecule has 0 aromatic heterocycles. The van der Waals surface area contributed by atoms with E-state index in [1.807, 2.05) is 6.92 Å². The zero-order valence-electron chi connectivity index (χ0n) is 12.0. The van der Waals surface area contributed by atoms with Crippen molar-refractivity contribution in [1.29, 1.82) is 0 Å². The molecule has 21 heavy (non-hydrogen) atoms. The third kappa shape index (κ3) is 3.67. The summed E-state index contributed by atoms with van der Waals surface area (Å²) < 4.78 is 5.67. The van der Waals surface area contributed by atoms with Crippen LogP contribution in [0.2, 0.25) is 5.02 Å². The number of halogens is 1. The van der Waals surface area contributed by atoms with Gasteiger partial charge in [0.25, 0.3) is 5.91 Å². The van der Waals surface area contributed by atoms with Gasteiger partial charge in [0.15, 0.2) is 6.10 Å². The normalized spacial score (nSPS) is 19.4. The van der Waals surface area contributed by atoms with E-state index in [1.54, 1.807) is 30.0 Å². The summed E-state index contributed by atoms with van der Waals surface area (Å²) in [4.78, 5) is 24.8. The highest BCUT2D eigenvalue weighted by atomic mass is 35.5. The number of hydrogen-bond donors (Lipinski definition) is 1. The number of aliphatic carboxylic acids is 1. The second-order valence-electron chi connectivity index (χ2n) is 5.28. The van der Waals surface area contributed by atoms with Crippen LogP contribution in [0.5, 0.6) is 5.75 Å². The fourth-order valence-corrected chi connectivity index (χ4v) is 2.63. The molecule has 0 aliphatic carbocycles. The Kier molecular flexibility index (Phi) is 4.73. The van der Waals surface area contributed by atoms with Gasteiger partial charge in [0.1, 0.15) is 5.75 Å². The van der Waals surface area contributed by atoms with Crippen molar-refractivity contribution in [2.45, 2.75) is 26.4 Å². The summed E-state index contributed by atoms with van der Waals surface area (Å²) in [6, 6.07) is 5.20. The van der Waals surface area contributed by atoms with E-state index in [4.69, 9.17) is 21.4 Å². The topological polar surface area (TPSA) is 66.8 Å². The zero-order chi connectivity index (χ0) is 15.6. The Balaban J connectivity index is 1.98. The quantitative estimate of drug-likeness (QED) is 0.927. The number of aryl methyl sites for hydroxylation is 1. The predicted molar refractivity (Wildman–Crippen MR) is 78.6 cm³/mol. The number of amides is 1. The molecule has 114 valence electrons. The highest BCUT2D eigenvalue weighted by molar-refractivity contribution is 6.30. The summed E-state index contributed by atoms with van der Waals surface area (Å²) in [6.07, 6.45) is -0.161. The van der Waals surface area contributed by atoms with Crippen LogP contribution in [0.4, 0.5) is 0 Å². The summed E-state index contributed by atoms with van der Waals surface area (Å²) in [5, 5.41) is 9.58. The van der Waals surface area contributed by atoms with Crippen molar-refractivity contribution in [3.05, 3.63) is 28.8 Å². The van der Waals surface area contributed by atoms with E-state index >= 15 is 0 Å². The molecule has 0 saturated carbocycles. The molecule has 1 amide bonds. The molecule has 1 aliphatic rings. The third-order valence-corrected chi connectivity index (χ3v) is 3.87. The van der Waals surface area contributed by atoms with Gasteiger partial charge in [0.2, 0.25) is 0 Å². The molecule has 1 saturated heterocycles. The van der Waals surface area contributed by atoms with Gasteiger partial charge in [0, 0.05) is 18.1 Å². The van der Waals surface area contributed by atoms with Gasteiger partial charge >= 0.3 is 5.97 Å². The molecule has 0 unspecified atom stereocenters. The van der Waals surface area contributed by atoms with Gasteiger partial charge in [-0.2, -0.15) is 0 Å². The minimum Gasteiger partial charge on any atom is -0.481 e. The van der Waals surface area contributed by atoms with E-state index in [1.165, 1.54) is 0 Å². The largest absolute Gasteiger partial charge is 0.481 e. The number of carboxylic acids is 1. The average molecular weight is 312 g/mol. The van der Waals surface area contributed by atoms with Gasteiger partial charge in [-0.15, -0.1) is 0 Å². The highest BCUT2D eigenvalue weighted by Gasteiger charge is 2.33. The first kappa shape index (κ1) is 15.6. The zero-order valence-corrected chi connectivity index (χ0v) is 12.8. The summed E-state index contributed by atoms with van der Waals surface area (Å²) in [5.74, 6) is -0.909. The number of carbonyl (C=O) groups is 2. The first-order valence-electron chi connectivity index (χ1n) is 6.83. The van der Waals surface area contributed by atoms with Gasteiger partial charge in [-0.3, -0.25) is 9.59 Å². The van der Waals surface area contributed by atoms with Crippen LogP contribution in [0.1, 0.15) is 18.9 Å². The Morgan fingerprint density at radius 2 is 2.19 bits per heavy atom. The molecule has 5 nitrogen and oxygen atoms in total. The van der Waals surface area contributed by atoms with E-state index in [-0.39, 0.29) is 12.5 Å². The van der Waals surface area contributed by atoms with Crippen molar-refractivity contribution < 1.29 is 19.4 Å². The van der Waals surface area contributed by atoms with Crippen LogP contribution >= 0.6 is 11.6 Å². The molecule has 0 radical (unpaired) electrons. The van der Waals surface area contributed by atoms with Crippen LogP contribution in [-0.2, 0) is 9.59 Å². The maximum atomic E-state index is 12.3. The van der Waals surface area contributed by atoms with Gasteiger partial charge in [-0.1, -0.05) is 11.6 Å². The molecule has 2 atom stereocenters. The lowest BCUT2D eigenvalue weighted by Gasteiger charge is -2.22. The lowest BCUT2D eigenvalue weighted by molar-refractivity contribution is -0.142. The first-order chi connectivity index (χ1) is 9.88. The van der Waals surface area contributed by atoms with E-state index in [9.17, 15) is 9.59 Å². The van der Waals surface area contributed by atoms with E-state index < -0.39 is 18.0 Å². The third-order valence-electron chi connectivity index (χ3n) is 3.64. The molecular weight excluding hydrogens is 294 g/mol. The molecule has 0 spiro atoms. The summed E-state index contributed by atoms with van der Waals surface area (Å²) >= 11 is 5.88. The highest BCUT2D eigenvalue weighted by Crippen LogP contribution is 2.24. The van der Waals surface area contributed by atoms with Crippen molar-refractivity contribution in [2.75, 3.05) is 13.1 Å². The minimum absolute atomic E-state index is 0.187. The lowest BCUT2D eigenvalue weighted by Crippen LogP contribution is -2.39. The van der Waals surface area contributed by atoms with Gasteiger partial charge in [-0.25, -0.2) is 0 Å². The fraction of sp³-hybridized carbons (Fsp3) is 0.467. The number of rotatable bonds is 4. The molecule has 6 heteroatoms. The standard InChI is InChI=1S/C15H18ClNO4/c1-9-7-12(16)3-4-13(9)21-10(2)14(18)17-6-5-11(8-17)15(19)20/h3-4,7,10-11H,5-6,8H2,1-2H3,(H,19,20)/t10-,11+/m0/s1.